The van der Waals surface area contributed by atoms with E-state index >= 15 is 0 Å². The average molecular weight is 712 g/mol. The summed E-state index contributed by atoms with van der Waals surface area (Å²) in [6, 6.07) is 15.2. The van der Waals surface area contributed by atoms with Crippen molar-refractivity contribution in [1.82, 2.24) is 14.8 Å². The van der Waals surface area contributed by atoms with Crippen LogP contribution in [0.5, 0.6) is 11.5 Å². The van der Waals surface area contributed by atoms with Crippen molar-refractivity contribution in [3.8, 4) is 11.5 Å². The van der Waals surface area contributed by atoms with Crippen molar-refractivity contribution in [2.75, 3.05) is 12.4 Å². The Morgan fingerprint density at radius 2 is 1.80 bits per heavy atom. The van der Waals surface area contributed by atoms with Crippen LogP contribution in [0.4, 0.5) is 5.95 Å². The highest BCUT2D eigenvalue weighted by Crippen LogP contribution is 2.44. The van der Waals surface area contributed by atoms with Crippen molar-refractivity contribution in [3.05, 3.63) is 103 Å². The van der Waals surface area contributed by atoms with E-state index < -0.39 is 12.0 Å². The van der Waals surface area contributed by atoms with E-state index in [1.54, 1.807) is 11.8 Å². The van der Waals surface area contributed by atoms with Gasteiger partial charge in [0.2, 0.25) is 11.1 Å². The number of carbonyl (C=O) groups is 1. The van der Waals surface area contributed by atoms with Crippen molar-refractivity contribution in [3.63, 3.8) is 0 Å². The molecule has 0 spiro atoms. The van der Waals surface area contributed by atoms with E-state index in [2.05, 4.69) is 54.2 Å². The first-order valence-corrected chi connectivity index (χ1v) is 16.7. The van der Waals surface area contributed by atoms with Crippen LogP contribution in [0.15, 0.2) is 69.4 Å². The highest BCUT2D eigenvalue weighted by molar-refractivity contribution is 9.10. The number of thioether (sulfide) groups is 1. The van der Waals surface area contributed by atoms with Crippen LogP contribution in [0.2, 0.25) is 5.02 Å². The maximum absolute atomic E-state index is 13.5. The lowest BCUT2D eigenvalue weighted by Gasteiger charge is -2.29. The Bertz CT molecular complexity index is 1790. The van der Waals surface area contributed by atoms with Crippen LogP contribution < -0.4 is 14.8 Å². The number of hydrogen-bond acceptors (Lipinski definition) is 8. The number of carbonyl (C=O) groups excluding carboxylic acids is 1. The number of fused-ring (bicyclic) bond motifs is 1. The fourth-order valence-corrected chi connectivity index (χ4v) is 6.85. The van der Waals surface area contributed by atoms with Gasteiger partial charge in [-0.3, -0.25) is 0 Å². The lowest BCUT2D eigenvalue weighted by molar-refractivity contribution is -0.143. The molecular formula is C34H36BrClN4O4S. The Kier molecular flexibility index (Phi) is 10.2. The highest BCUT2D eigenvalue weighted by atomic mass is 79.9. The minimum Gasteiger partial charge on any atom is -0.493 e. The molecule has 1 N–H and O–H groups in total. The van der Waals surface area contributed by atoms with E-state index in [1.807, 2.05) is 57.2 Å². The zero-order chi connectivity index (χ0) is 32.4. The standard InChI is InChI=1S/C34H36BrClN4O4S/c1-18(2)44-32(41)29-22(6)37-33-38-34(45-17-23-10-8-9-11-27(23)36)39-40(33)30(29)24-14-26(35)31(28(15-24)42-7)43-16-25-13-20(4)19(3)12-21(25)5/h8-15,18,30H,16-17H2,1-7H3,(H,37,38,39). The summed E-state index contributed by atoms with van der Waals surface area (Å²) in [4.78, 5) is 18.3. The maximum Gasteiger partial charge on any atom is 0.338 e. The van der Waals surface area contributed by atoms with Gasteiger partial charge in [0.15, 0.2) is 11.5 Å². The van der Waals surface area contributed by atoms with Crippen LogP contribution in [-0.2, 0) is 21.9 Å². The van der Waals surface area contributed by atoms with Crippen LogP contribution in [-0.4, -0.2) is 33.9 Å². The third kappa shape index (κ3) is 7.18. The second-order valence-corrected chi connectivity index (χ2v) is 13.5. The number of rotatable bonds is 10. The summed E-state index contributed by atoms with van der Waals surface area (Å²) in [5.41, 5.74) is 7.51. The first kappa shape index (κ1) is 32.9. The fraction of sp³-hybridized carbons (Fsp3) is 0.324. The number of nitrogens with one attached hydrogen (secondary N) is 1. The van der Waals surface area contributed by atoms with Gasteiger partial charge < -0.3 is 19.5 Å². The van der Waals surface area contributed by atoms with E-state index in [-0.39, 0.29) is 6.10 Å². The van der Waals surface area contributed by atoms with Crippen LogP contribution in [0.25, 0.3) is 0 Å². The lowest BCUT2D eigenvalue weighted by atomic mass is 9.95. The second-order valence-electron chi connectivity index (χ2n) is 11.2. The zero-order valence-corrected chi connectivity index (χ0v) is 29.5. The molecular weight excluding hydrogens is 676 g/mol. The molecule has 3 aromatic carbocycles. The lowest BCUT2D eigenvalue weighted by Crippen LogP contribution is -2.30. The largest absolute Gasteiger partial charge is 0.493 e. The quantitative estimate of drug-likeness (QED) is 0.129. The molecule has 1 atom stereocenters. The monoisotopic (exact) mass is 710 g/mol. The van der Waals surface area contributed by atoms with Crippen LogP contribution in [0.3, 0.4) is 0 Å². The molecule has 1 aromatic heterocycles. The number of benzene rings is 3. The van der Waals surface area contributed by atoms with Gasteiger partial charge in [-0.25, -0.2) is 9.48 Å². The molecule has 236 valence electrons. The minimum atomic E-state index is -0.643. The number of allylic oxidation sites excluding steroid dienone is 1. The Morgan fingerprint density at radius 1 is 1.07 bits per heavy atom. The highest BCUT2D eigenvalue weighted by Gasteiger charge is 2.36. The number of esters is 1. The Morgan fingerprint density at radius 3 is 2.51 bits per heavy atom. The molecule has 11 heteroatoms. The first-order chi connectivity index (χ1) is 21.5. The third-order valence-electron chi connectivity index (χ3n) is 7.60. The number of nitrogens with zero attached hydrogens (tertiary/aromatic N) is 3. The predicted octanol–water partition coefficient (Wildman–Crippen LogP) is 8.74. The average Bonchev–Trinajstić information content (AvgIpc) is 3.39. The zero-order valence-electron chi connectivity index (χ0n) is 26.3. The molecule has 1 aliphatic heterocycles. The number of halogens is 2. The first-order valence-electron chi connectivity index (χ1n) is 14.5. The Balaban J connectivity index is 1.52. The van der Waals surface area contributed by atoms with Gasteiger partial charge in [0, 0.05) is 16.5 Å². The smallest absolute Gasteiger partial charge is 0.338 e. The molecule has 0 amide bonds. The van der Waals surface area contributed by atoms with Gasteiger partial charge in [-0.05, 0) is 109 Å². The molecule has 1 aliphatic rings. The molecule has 4 aromatic rings. The molecule has 8 nitrogen and oxygen atoms in total. The van der Waals surface area contributed by atoms with Gasteiger partial charge in [-0.1, -0.05) is 53.7 Å². The van der Waals surface area contributed by atoms with Gasteiger partial charge in [0.1, 0.15) is 12.6 Å². The third-order valence-corrected chi connectivity index (χ3v) is 9.45. The normalized spacial score (nSPS) is 14.3. The summed E-state index contributed by atoms with van der Waals surface area (Å²) < 4.78 is 20.3. The number of anilines is 1. The SMILES string of the molecule is COc1cc(C2C(C(=O)OC(C)C)=C(C)Nc3nc(SCc4ccccc4Cl)nn32)cc(Br)c1OCc1cc(C)c(C)cc1C. The van der Waals surface area contributed by atoms with Crippen LogP contribution in [0.1, 0.15) is 60.2 Å². The molecule has 1 unspecified atom stereocenters. The molecule has 0 aliphatic carbocycles. The van der Waals surface area contributed by atoms with Crippen LogP contribution in [0, 0.1) is 20.8 Å². The van der Waals surface area contributed by atoms with Gasteiger partial charge in [0.25, 0.3) is 0 Å². The summed E-state index contributed by atoms with van der Waals surface area (Å²) in [5, 5.41) is 9.34. The van der Waals surface area contributed by atoms with Crippen molar-refractivity contribution in [1.29, 1.82) is 0 Å². The van der Waals surface area contributed by atoms with Crippen LogP contribution >= 0.6 is 39.3 Å². The molecule has 5 rings (SSSR count). The van der Waals surface area contributed by atoms with E-state index in [4.69, 9.17) is 35.9 Å². The molecule has 2 heterocycles. The summed E-state index contributed by atoms with van der Waals surface area (Å²) in [6.07, 6.45) is -0.303. The molecule has 0 fully saturated rings. The predicted molar refractivity (Wildman–Crippen MR) is 182 cm³/mol. The maximum atomic E-state index is 13.5. The van der Waals surface area contributed by atoms with E-state index in [0.29, 0.717) is 55.7 Å². The van der Waals surface area contributed by atoms with Gasteiger partial charge >= 0.3 is 5.97 Å². The molecule has 0 saturated carbocycles. The van der Waals surface area contributed by atoms with E-state index in [9.17, 15) is 4.79 Å². The summed E-state index contributed by atoms with van der Waals surface area (Å²) in [7, 11) is 1.60. The molecule has 45 heavy (non-hydrogen) atoms. The van der Waals surface area contributed by atoms with Crippen molar-refractivity contribution >= 4 is 51.2 Å². The number of ether oxygens (including phenoxy) is 3. The van der Waals surface area contributed by atoms with Crippen molar-refractivity contribution in [2.45, 2.75) is 71.2 Å². The van der Waals surface area contributed by atoms with Gasteiger partial charge in [0.05, 0.1) is 23.3 Å². The Hall–Kier alpha value is -3.47. The minimum absolute atomic E-state index is 0.303. The summed E-state index contributed by atoms with van der Waals surface area (Å²) >= 11 is 11.6. The molecule has 0 saturated heterocycles. The number of aromatic nitrogens is 3. The Labute approximate surface area is 281 Å². The van der Waals surface area contributed by atoms with E-state index in [0.717, 1.165) is 22.3 Å². The fourth-order valence-electron chi connectivity index (χ4n) is 5.16. The molecule has 0 bridgehead atoms. The summed E-state index contributed by atoms with van der Waals surface area (Å²) in [6.45, 7) is 12.2. The van der Waals surface area contributed by atoms with Crippen molar-refractivity contribution < 1.29 is 19.0 Å². The van der Waals surface area contributed by atoms with Crippen molar-refractivity contribution in [2.24, 2.45) is 0 Å². The second kappa shape index (κ2) is 13.9. The van der Waals surface area contributed by atoms with Gasteiger partial charge in [-0.15, -0.1) is 5.10 Å². The topological polar surface area (TPSA) is 87.5 Å². The molecule has 0 radical (unpaired) electrons. The summed E-state index contributed by atoms with van der Waals surface area (Å²) in [5.74, 6) is 1.75. The number of methoxy groups -OCH3 is 1. The van der Waals surface area contributed by atoms with Gasteiger partial charge in [-0.2, -0.15) is 4.98 Å². The number of hydrogen-bond donors (Lipinski definition) is 1. The van der Waals surface area contributed by atoms with E-state index in [1.165, 1.54) is 22.9 Å². The number of aryl methyl sites for hydroxylation is 3.